The smallest absolute Gasteiger partial charge is 0.150 e. The highest BCUT2D eigenvalue weighted by Gasteiger charge is 2.28. The molecule has 0 aliphatic carbocycles. The van der Waals surface area contributed by atoms with E-state index in [4.69, 9.17) is 9.47 Å². The molecule has 150 valence electrons. The maximum absolute atomic E-state index is 11.1. The largest absolute Gasteiger partial charge is 0.497 e. The summed E-state index contributed by atoms with van der Waals surface area (Å²) in [7, 11) is 3.39. The number of methoxy groups -OCH3 is 2. The van der Waals surface area contributed by atoms with Crippen LogP contribution in [-0.2, 0) is 0 Å². The van der Waals surface area contributed by atoms with Crippen LogP contribution in [-0.4, -0.2) is 46.7 Å². The molecular formula is C23H31N2O3+. The molecule has 1 aliphatic rings. The molecule has 1 aliphatic heterocycles. The quantitative estimate of drug-likeness (QED) is 0.779. The highest BCUT2D eigenvalue weighted by atomic mass is 16.5. The zero-order chi connectivity index (χ0) is 20.3. The fourth-order valence-electron chi connectivity index (χ4n) is 4.40. The SMILES string of the molecule is COc1ccc([C@@H](C)[NH+]2CCN(c3c(C)cc(C=O)cc3C)CC2)c(OC)c1. The Bertz CT molecular complexity index is 819. The zero-order valence-corrected chi connectivity index (χ0v) is 17.5. The van der Waals surface area contributed by atoms with Crippen LogP contribution in [0.3, 0.4) is 0 Å². The molecule has 1 N–H and O–H groups in total. The molecule has 0 unspecified atom stereocenters. The van der Waals surface area contributed by atoms with Gasteiger partial charge in [0.2, 0.25) is 0 Å². The van der Waals surface area contributed by atoms with Crippen LogP contribution in [0.2, 0.25) is 0 Å². The van der Waals surface area contributed by atoms with E-state index >= 15 is 0 Å². The number of rotatable bonds is 6. The average Bonchev–Trinajstić information content (AvgIpc) is 2.72. The highest BCUT2D eigenvalue weighted by molar-refractivity contribution is 5.78. The summed E-state index contributed by atoms with van der Waals surface area (Å²) in [5.41, 5.74) is 5.60. The summed E-state index contributed by atoms with van der Waals surface area (Å²) in [6.07, 6.45) is 0.926. The second-order valence-corrected chi connectivity index (χ2v) is 7.60. The molecule has 0 saturated carbocycles. The van der Waals surface area contributed by atoms with E-state index in [-0.39, 0.29) is 0 Å². The summed E-state index contributed by atoms with van der Waals surface area (Å²) in [6, 6.07) is 10.4. The number of aryl methyl sites for hydroxylation is 2. The van der Waals surface area contributed by atoms with Crippen molar-refractivity contribution < 1.29 is 19.2 Å². The fraction of sp³-hybridized carbons (Fsp3) is 0.435. The molecule has 1 heterocycles. The van der Waals surface area contributed by atoms with Crippen LogP contribution >= 0.6 is 0 Å². The molecule has 28 heavy (non-hydrogen) atoms. The third-order valence-corrected chi connectivity index (χ3v) is 5.89. The number of ether oxygens (including phenoxy) is 2. The van der Waals surface area contributed by atoms with Crippen LogP contribution in [0.5, 0.6) is 11.5 Å². The Morgan fingerprint density at radius 2 is 1.68 bits per heavy atom. The Labute approximate surface area is 167 Å². The van der Waals surface area contributed by atoms with Crippen molar-refractivity contribution in [3.05, 3.63) is 52.6 Å². The van der Waals surface area contributed by atoms with E-state index < -0.39 is 0 Å². The fourth-order valence-corrected chi connectivity index (χ4v) is 4.40. The third-order valence-electron chi connectivity index (χ3n) is 5.89. The van der Waals surface area contributed by atoms with E-state index in [1.807, 2.05) is 24.3 Å². The molecule has 2 aromatic rings. The van der Waals surface area contributed by atoms with Gasteiger partial charge in [0.05, 0.1) is 46.0 Å². The Morgan fingerprint density at radius 3 is 2.21 bits per heavy atom. The summed E-state index contributed by atoms with van der Waals surface area (Å²) >= 11 is 0. The van der Waals surface area contributed by atoms with Gasteiger partial charge in [-0.05, 0) is 56.2 Å². The van der Waals surface area contributed by atoms with Gasteiger partial charge >= 0.3 is 0 Å². The molecule has 0 aromatic heterocycles. The lowest BCUT2D eigenvalue weighted by molar-refractivity contribution is -0.930. The first-order valence-corrected chi connectivity index (χ1v) is 9.86. The number of anilines is 1. The van der Waals surface area contributed by atoms with Crippen LogP contribution in [0, 0.1) is 13.8 Å². The third kappa shape index (κ3) is 3.99. The molecule has 1 atom stereocenters. The van der Waals surface area contributed by atoms with Crippen molar-refractivity contribution in [1.82, 2.24) is 0 Å². The predicted molar refractivity (Wildman–Crippen MR) is 112 cm³/mol. The van der Waals surface area contributed by atoms with Crippen LogP contribution in [0.15, 0.2) is 30.3 Å². The lowest BCUT2D eigenvalue weighted by Crippen LogP contribution is -3.14. The molecule has 0 amide bonds. The first-order chi connectivity index (χ1) is 13.5. The summed E-state index contributed by atoms with van der Waals surface area (Å²) < 4.78 is 10.9. The molecule has 1 fully saturated rings. The molecule has 3 rings (SSSR count). The second kappa shape index (κ2) is 8.65. The standard InChI is InChI=1S/C23H30N2O3/c1-16-12-19(15-26)13-17(2)23(16)25-10-8-24(9-11-25)18(3)21-7-6-20(27-4)14-22(21)28-5/h6-7,12-15,18H,8-11H2,1-5H3/p+1/t18-/m1/s1. The number of hydrogen-bond acceptors (Lipinski definition) is 4. The van der Waals surface area contributed by atoms with E-state index in [2.05, 4.69) is 31.7 Å². The second-order valence-electron chi connectivity index (χ2n) is 7.60. The maximum Gasteiger partial charge on any atom is 0.150 e. The number of aldehydes is 1. The lowest BCUT2D eigenvalue weighted by Gasteiger charge is -2.38. The Hall–Kier alpha value is -2.53. The Morgan fingerprint density at radius 1 is 1.04 bits per heavy atom. The molecule has 0 spiro atoms. The van der Waals surface area contributed by atoms with E-state index in [0.29, 0.717) is 6.04 Å². The van der Waals surface area contributed by atoms with Crippen LogP contribution in [0.4, 0.5) is 5.69 Å². The highest BCUT2D eigenvalue weighted by Crippen LogP contribution is 2.29. The number of carbonyl (C=O) groups is 1. The first-order valence-electron chi connectivity index (χ1n) is 9.86. The van der Waals surface area contributed by atoms with Crippen molar-refractivity contribution >= 4 is 12.0 Å². The van der Waals surface area contributed by atoms with Gasteiger partial charge in [0.15, 0.2) is 0 Å². The minimum atomic E-state index is 0.350. The summed E-state index contributed by atoms with van der Waals surface area (Å²) in [5, 5.41) is 0. The van der Waals surface area contributed by atoms with Crippen molar-refractivity contribution in [3.63, 3.8) is 0 Å². The van der Waals surface area contributed by atoms with Crippen LogP contribution in [0.25, 0.3) is 0 Å². The Balaban J connectivity index is 1.73. The van der Waals surface area contributed by atoms with Gasteiger partial charge in [-0.15, -0.1) is 0 Å². The van der Waals surface area contributed by atoms with Crippen molar-refractivity contribution in [2.24, 2.45) is 0 Å². The molecule has 1 saturated heterocycles. The van der Waals surface area contributed by atoms with E-state index in [1.165, 1.54) is 22.4 Å². The molecule has 0 radical (unpaired) electrons. The van der Waals surface area contributed by atoms with Gasteiger partial charge in [-0.3, -0.25) is 4.79 Å². The monoisotopic (exact) mass is 383 g/mol. The Kier molecular flexibility index (Phi) is 6.25. The minimum absolute atomic E-state index is 0.350. The molecular weight excluding hydrogens is 352 g/mol. The van der Waals surface area contributed by atoms with E-state index in [1.54, 1.807) is 19.1 Å². The number of nitrogens with one attached hydrogen (secondary N) is 1. The number of hydrogen-bond donors (Lipinski definition) is 1. The predicted octanol–water partition coefficient (Wildman–Crippen LogP) is 2.60. The van der Waals surface area contributed by atoms with Crippen LogP contribution in [0.1, 0.15) is 40.0 Å². The lowest BCUT2D eigenvalue weighted by atomic mass is 10.0. The van der Waals surface area contributed by atoms with Crippen molar-refractivity contribution in [2.75, 3.05) is 45.3 Å². The molecule has 2 aromatic carbocycles. The van der Waals surface area contributed by atoms with Gasteiger partial charge in [-0.1, -0.05) is 0 Å². The topological polar surface area (TPSA) is 43.2 Å². The average molecular weight is 384 g/mol. The van der Waals surface area contributed by atoms with Crippen molar-refractivity contribution in [3.8, 4) is 11.5 Å². The van der Waals surface area contributed by atoms with Gasteiger partial charge in [0, 0.05) is 17.3 Å². The molecule has 5 heteroatoms. The summed E-state index contributed by atoms with van der Waals surface area (Å²) in [5.74, 6) is 1.70. The number of piperazine rings is 1. The van der Waals surface area contributed by atoms with Crippen LogP contribution < -0.4 is 19.3 Å². The maximum atomic E-state index is 11.1. The molecule has 5 nitrogen and oxygen atoms in total. The summed E-state index contributed by atoms with van der Waals surface area (Å²) in [4.78, 5) is 15.1. The summed E-state index contributed by atoms with van der Waals surface area (Å²) in [6.45, 7) is 10.6. The normalized spacial score (nSPS) is 16.0. The van der Waals surface area contributed by atoms with Gasteiger partial charge in [0.1, 0.15) is 23.8 Å². The minimum Gasteiger partial charge on any atom is -0.497 e. The number of benzene rings is 2. The number of quaternary nitrogens is 1. The van der Waals surface area contributed by atoms with Gasteiger partial charge < -0.3 is 19.3 Å². The van der Waals surface area contributed by atoms with E-state index in [0.717, 1.165) is 49.5 Å². The first kappa shape index (κ1) is 20.2. The van der Waals surface area contributed by atoms with Gasteiger partial charge in [-0.25, -0.2) is 0 Å². The van der Waals surface area contributed by atoms with Crippen molar-refractivity contribution in [1.29, 1.82) is 0 Å². The number of carbonyl (C=O) groups excluding carboxylic acids is 1. The molecule has 0 bridgehead atoms. The van der Waals surface area contributed by atoms with Gasteiger partial charge in [0.25, 0.3) is 0 Å². The van der Waals surface area contributed by atoms with Crippen molar-refractivity contribution in [2.45, 2.75) is 26.8 Å². The zero-order valence-electron chi connectivity index (χ0n) is 17.5. The van der Waals surface area contributed by atoms with Gasteiger partial charge in [-0.2, -0.15) is 0 Å². The van der Waals surface area contributed by atoms with E-state index in [9.17, 15) is 4.79 Å². The number of nitrogens with zero attached hydrogens (tertiary/aromatic N) is 1.